The number of rotatable bonds is 3. The number of carbonyl (C=O) groups is 1. The molecule has 0 atom stereocenters. The lowest BCUT2D eigenvalue weighted by Gasteiger charge is -2.03. The van der Waals surface area contributed by atoms with Crippen LogP contribution in [0.5, 0.6) is 0 Å². The molecule has 1 rings (SSSR count). The van der Waals surface area contributed by atoms with Crippen molar-refractivity contribution < 1.29 is 4.79 Å². The Bertz CT molecular complexity index is 408. The smallest absolute Gasteiger partial charge is 0.267 e. The fraction of sp³-hybridized carbons (Fsp3) is 0.385. The number of hydrogen-bond donors (Lipinski definition) is 1. The molecule has 0 aromatic heterocycles. The molecule has 0 saturated carbocycles. The number of carbonyl (C=O) groups excluding carboxylic acids is 1. The van der Waals surface area contributed by atoms with Crippen LogP contribution in [-0.4, -0.2) is 12.1 Å². The molecule has 3 nitrogen and oxygen atoms in total. The average Bonchev–Trinajstić information content (AvgIpc) is 2.21. The number of nitrogens with one attached hydrogen (secondary N) is 1. The summed E-state index contributed by atoms with van der Waals surface area (Å²) < 4.78 is 0. The Morgan fingerprint density at radius 3 is 2.56 bits per heavy atom. The number of hydrogen-bond acceptors (Lipinski definition) is 2. The molecule has 3 heteroatoms. The molecule has 1 aromatic rings. The van der Waals surface area contributed by atoms with Crippen molar-refractivity contribution >= 4 is 12.1 Å². The fourth-order valence-corrected chi connectivity index (χ4v) is 1.19. The molecule has 86 valence electrons. The fourth-order valence-electron chi connectivity index (χ4n) is 1.19. The van der Waals surface area contributed by atoms with Crippen molar-refractivity contribution in [1.29, 1.82) is 0 Å². The zero-order valence-electron chi connectivity index (χ0n) is 10.2. The van der Waals surface area contributed by atoms with E-state index in [1.807, 2.05) is 45.9 Å². The summed E-state index contributed by atoms with van der Waals surface area (Å²) in [6, 6.07) is 5.62. The molecule has 0 radical (unpaired) electrons. The highest BCUT2D eigenvalue weighted by molar-refractivity contribution is 5.94. The second-order valence-electron chi connectivity index (χ2n) is 4.26. The van der Waals surface area contributed by atoms with E-state index in [-0.39, 0.29) is 5.91 Å². The van der Waals surface area contributed by atoms with Gasteiger partial charge in [0.1, 0.15) is 0 Å². The van der Waals surface area contributed by atoms with E-state index in [0.717, 1.165) is 5.56 Å². The van der Waals surface area contributed by atoms with Gasteiger partial charge in [-0.05, 0) is 43.0 Å². The van der Waals surface area contributed by atoms with Crippen molar-refractivity contribution in [2.75, 3.05) is 0 Å². The molecule has 0 unspecified atom stereocenters. The van der Waals surface area contributed by atoms with Gasteiger partial charge in [-0.2, -0.15) is 5.10 Å². The third kappa shape index (κ3) is 3.50. The highest BCUT2D eigenvalue weighted by Crippen LogP contribution is 2.09. The molecule has 0 saturated heterocycles. The number of benzene rings is 1. The van der Waals surface area contributed by atoms with Crippen LogP contribution in [0.1, 0.15) is 35.3 Å². The van der Waals surface area contributed by atoms with Crippen molar-refractivity contribution in [1.82, 2.24) is 5.43 Å². The highest BCUT2D eigenvalue weighted by Gasteiger charge is 2.04. The molecule has 1 N–H and O–H groups in total. The van der Waals surface area contributed by atoms with Gasteiger partial charge in [-0.3, -0.25) is 4.79 Å². The first-order chi connectivity index (χ1) is 7.50. The van der Waals surface area contributed by atoms with Crippen LogP contribution in [0, 0.1) is 19.8 Å². The normalized spacial score (nSPS) is 11.1. The van der Waals surface area contributed by atoms with Crippen molar-refractivity contribution in [3.8, 4) is 0 Å². The minimum absolute atomic E-state index is 0.167. The molecule has 0 aliphatic carbocycles. The summed E-state index contributed by atoms with van der Waals surface area (Å²) in [6.45, 7) is 8.02. The third-order valence-corrected chi connectivity index (χ3v) is 2.31. The van der Waals surface area contributed by atoms with Crippen LogP contribution >= 0.6 is 0 Å². The van der Waals surface area contributed by atoms with Crippen LogP contribution in [0.25, 0.3) is 0 Å². The van der Waals surface area contributed by atoms with Gasteiger partial charge in [-0.15, -0.1) is 0 Å². The SMILES string of the molecule is Cc1ccc(C(=O)NN=CC(C)C)cc1C. The minimum Gasteiger partial charge on any atom is -0.267 e. The maximum Gasteiger partial charge on any atom is 0.271 e. The first kappa shape index (κ1) is 12.4. The summed E-state index contributed by atoms with van der Waals surface area (Å²) in [7, 11) is 0. The van der Waals surface area contributed by atoms with E-state index < -0.39 is 0 Å². The van der Waals surface area contributed by atoms with E-state index >= 15 is 0 Å². The molecule has 0 aliphatic heterocycles. The highest BCUT2D eigenvalue weighted by atomic mass is 16.2. The standard InChI is InChI=1S/C13H18N2O/c1-9(2)8-14-15-13(16)12-6-5-10(3)11(4)7-12/h5-9H,1-4H3,(H,15,16). The van der Waals surface area contributed by atoms with Crippen LogP contribution in [-0.2, 0) is 0 Å². The van der Waals surface area contributed by atoms with Gasteiger partial charge in [0.2, 0.25) is 0 Å². The van der Waals surface area contributed by atoms with Gasteiger partial charge >= 0.3 is 0 Å². The quantitative estimate of drug-likeness (QED) is 0.615. The predicted molar refractivity (Wildman–Crippen MR) is 66.7 cm³/mol. The van der Waals surface area contributed by atoms with Crippen molar-refractivity contribution in [2.24, 2.45) is 11.0 Å². The zero-order chi connectivity index (χ0) is 12.1. The van der Waals surface area contributed by atoms with Gasteiger partial charge in [0.15, 0.2) is 0 Å². The van der Waals surface area contributed by atoms with E-state index in [4.69, 9.17) is 0 Å². The average molecular weight is 218 g/mol. The lowest BCUT2D eigenvalue weighted by molar-refractivity contribution is 0.0955. The van der Waals surface area contributed by atoms with E-state index in [1.165, 1.54) is 5.56 Å². The summed E-state index contributed by atoms with van der Waals surface area (Å²) in [6.07, 6.45) is 1.71. The molecule has 0 bridgehead atoms. The van der Waals surface area contributed by atoms with Crippen molar-refractivity contribution in [3.05, 3.63) is 34.9 Å². The lowest BCUT2D eigenvalue weighted by Crippen LogP contribution is -2.18. The summed E-state index contributed by atoms with van der Waals surface area (Å²) in [5.74, 6) is 0.167. The molecule has 1 aromatic carbocycles. The first-order valence-electron chi connectivity index (χ1n) is 5.41. The topological polar surface area (TPSA) is 41.5 Å². The molecule has 0 aliphatic rings. The molecular formula is C13H18N2O. The van der Waals surface area contributed by atoms with Gasteiger partial charge in [0.05, 0.1) is 0 Å². The Labute approximate surface area is 96.6 Å². The van der Waals surface area contributed by atoms with Gasteiger partial charge in [0, 0.05) is 11.8 Å². The molecule has 0 heterocycles. The Morgan fingerprint density at radius 2 is 2.00 bits per heavy atom. The number of hydrazone groups is 1. The van der Waals surface area contributed by atoms with Crippen LogP contribution in [0.15, 0.2) is 23.3 Å². The minimum atomic E-state index is -0.167. The third-order valence-electron chi connectivity index (χ3n) is 2.31. The monoisotopic (exact) mass is 218 g/mol. The summed E-state index contributed by atoms with van der Waals surface area (Å²) in [5.41, 5.74) is 5.44. The zero-order valence-corrected chi connectivity index (χ0v) is 10.2. The maximum atomic E-state index is 11.7. The molecular weight excluding hydrogens is 200 g/mol. The van der Waals surface area contributed by atoms with Crippen molar-refractivity contribution in [2.45, 2.75) is 27.7 Å². The van der Waals surface area contributed by atoms with Crippen LogP contribution < -0.4 is 5.43 Å². The Morgan fingerprint density at radius 1 is 1.31 bits per heavy atom. The molecule has 0 spiro atoms. The number of amides is 1. The lowest BCUT2D eigenvalue weighted by atomic mass is 10.1. The first-order valence-corrected chi connectivity index (χ1v) is 5.41. The van der Waals surface area contributed by atoms with Gasteiger partial charge < -0.3 is 0 Å². The van der Waals surface area contributed by atoms with Crippen LogP contribution in [0.2, 0.25) is 0 Å². The second-order valence-corrected chi connectivity index (χ2v) is 4.26. The number of nitrogens with zero attached hydrogens (tertiary/aromatic N) is 1. The Hall–Kier alpha value is -1.64. The maximum absolute atomic E-state index is 11.7. The van der Waals surface area contributed by atoms with E-state index in [2.05, 4.69) is 10.5 Å². The van der Waals surface area contributed by atoms with Crippen LogP contribution in [0.3, 0.4) is 0 Å². The molecule has 16 heavy (non-hydrogen) atoms. The predicted octanol–water partition coefficient (Wildman–Crippen LogP) is 2.68. The van der Waals surface area contributed by atoms with Gasteiger partial charge in [-0.1, -0.05) is 19.9 Å². The molecule has 0 fully saturated rings. The Kier molecular flexibility index (Phi) is 4.23. The Balaban J connectivity index is 2.70. The summed E-state index contributed by atoms with van der Waals surface area (Å²) in [4.78, 5) is 11.7. The van der Waals surface area contributed by atoms with Crippen molar-refractivity contribution in [3.63, 3.8) is 0 Å². The summed E-state index contributed by atoms with van der Waals surface area (Å²) in [5, 5.41) is 3.87. The van der Waals surface area contributed by atoms with Crippen LogP contribution in [0.4, 0.5) is 0 Å². The summed E-state index contributed by atoms with van der Waals surface area (Å²) >= 11 is 0. The van der Waals surface area contributed by atoms with Gasteiger partial charge in [0.25, 0.3) is 5.91 Å². The van der Waals surface area contributed by atoms with E-state index in [9.17, 15) is 4.79 Å². The molecule has 1 amide bonds. The second kappa shape index (κ2) is 5.45. The largest absolute Gasteiger partial charge is 0.271 e. The van der Waals surface area contributed by atoms with E-state index in [1.54, 1.807) is 6.21 Å². The van der Waals surface area contributed by atoms with Gasteiger partial charge in [-0.25, -0.2) is 5.43 Å². The number of aryl methyl sites for hydroxylation is 2. The van der Waals surface area contributed by atoms with E-state index in [0.29, 0.717) is 11.5 Å².